The monoisotopic (exact) mass is 738 g/mol. The van der Waals surface area contributed by atoms with Gasteiger partial charge in [-0.1, -0.05) is 30.3 Å². The fraction of sp³-hybridized carbons (Fsp3) is 0.325. The number of methoxy groups -OCH3 is 2. The van der Waals surface area contributed by atoms with Gasteiger partial charge in [0.15, 0.2) is 11.5 Å². The molecule has 3 heterocycles. The number of aromatic amines is 1. The van der Waals surface area contributed by atoms with Gasteiger partial charge in [-0.15, -0.1) is 0 Å². The maximum atomic E-state index is 13.6. The third-order valence-electron chi connectivity index (χ3n) is 8.92. The molecule has 6 rings (SSSR count). The number of rotatable bonds is 6. The van der Waals surface area contributed by atoms with Crippen LogP contribution in [0.25, 0.3) is 0 Å². The first kappa shape index (κ1) is 38.9. The summed E-state index contributed by atoms with van der Waals surface area (Å²) in [5.74, 6) is -0.674. The van der Waals surface area contributed by atoms with Crippen LogP contribution in [0.15, 0.2) is 85.1 Å². The number of carbonyl (C=O) groups excluding carboxylic acids is 5. The molecule has 2 aliphatic heterocycles. The van der Waals surface area contributed by atoms with Crippen LogP contribution in [0.2, 0.25) is 0 Å². The van der Waals surface area contributed by atoms with Gasteiger partial charge in [0.25, 0.3) is 11.8 Å². The van der Waals surface area contributed by atoms with Gasteiger partial charge < -0.3 is 45.4 Å². The Hall–Kier alpha value is -6.31. The van der Waals surface area contributed by atoms with E-state index in [1.165, 1.54) is 19.1 Å². The Kier molecular flexibility index (Phi) is 13.7. The molecule has 14 nitrogen and oxygen atoms in total. The minimum atomic E-state index is -0.996. The van der Waals surface area contributed by atoms with Crippen molar-refractivity contribution in [2.75, 3.05) is 33.9 Å². The summed E-state index contributed by atoms with van der Waals surface area (Å²) >= 11 is 0. The van der Waals surface area contributed by atoms with Gasteiger partial charge in [-0.05, 0) is 80.6 Å². The number of hydrogen-bond donors (Lipinski definition) is 5. The van der Waals surface area contributed by atoms with E-state index in [-0.39, 0.29) is 37.9 Å². The first-order valence-electron chi connectivity index (χ1n) is 17.8. The third-order valence-corrected chi connectivity index (χ3v) is 8.92. The summed E-state index contributed by atoms with van der Waals surface area (Å²) in [6.07, 6.45) is 3.33. The van der Waals surface area contributed by atoms with Crippen molar-refractivity contribution in [1.29, 1.82) is 0 Å². The lowest BCUT2D eigenvalue weighted by atomic mass is 10.0. The Morgan fingerprint density at radius 3 is 2.39 bits per heavy atom. The van der Waals surface area contributed by atoms with Crippen molar-refractivity contribution in [2.24, 2.45) is 0 Å². The number of hydrogen-bond acceptors (Lipinski definition) is 8. The Labute approximate surface area is 313 Å². The highest BCUT2D eigenvalue weighted by Crippen LogP contribution is 2.35. The molecule has 5 N–H and O–H groups in total. The lowest BCUT2D eigenvalue weighted by Gasteiger charge is -2.25. The number of aryl methyl sites for hydroxylation is 1. The second-order valence-electron chi connectivity index (χ2n) is 12.8. The number of ether oxygens (including phenoxy) is 3. The van der Waals surface area contributed by atoms with Crippen LogP contribution in [-0.4, -0.2) is 85.4 Å². The van der Waals surface area contributed by atoms with E-state index >= 15 is 0 Å². The Morgan fingerprint density at radius 2 is 1.65 bits per heavy atom. The summed E-state index contributed by atoms with van der Waals surface area (Å²) in [4.78, 5) is 71.3. The van der Waals surface area contributed by atoms with Crippen molar-refractivity contribution < 1.29 is 38.2 Å². The highest BCUT2D eigenvalue weighted by molar-refractivity contribution is 5.97. The van der Waals surface area contributed by atoms with Gasteiger partial charge in [0.1, 0.15) is 29.3 Å². The highest BCUT2D eigenvalue weighted by atomic mass is 16.5. The number of nitrogens with zero attached hydrogens (tertiary/aromatic N) is 1. The topological polar surface area (TPSA) is 180 Å². The van der Waals surface area contributed by atoms with E-state index in [1.807, 2.05) is 30.3 Å². The molecule has 3 aromatic carbocycles. The Morgan fingerprint density at radius 1 is 0.852 bits per heavy atom. The summed E-state index contributed by atoms with van der Waals surface area (Å²) in [6, 6.07) is 20.8. The van der Waals surface area contributed by atoms with Crippen LogP contribution in [0.4, 0.5) is 0 Å². The molecule has 2 atom stereocenters. The normalized spacial score (nSPS) is 17.8. The smallest absolute Gasteiger partial charge is 0.270 e. The highest BCUT2D eigenvalue weighted by Gasteiger charge is 2.27. The van der Waals surface area contributed by atoms with Crippen LogP contribution in [0.5, 0.6) is 23.0 Å². The van der Waals surface area contributed by atoms with Crippen LogP contribution < -0.4 is 35.5 Å². The predicted molar refractivity (Wildman–Crippen MR) is 200 cm³/mol. The quantitative estimate of drug-likeness (QED) is 0.186. The third kappa shape index (κ3) is 10.6. The Balaban J connectivity index is 1.39. The molecule has 0 saturated carbocycles. The zero-order chi connectivity index (χ0) is 38.5. The standard InChI is InChI=1S/C40H46N6O8/c1-26-37(48)43-24-29-14-16-30(23-34(29)53-3)54-35-22-28(15-18-33(35)52-2)38(49)42-19-7-8-21-46(40(51)32-12-9-20-41-32)25-36(47)45-31(39(50)44-26)17-13-27-10-5-4-6-11-27/h4-6,9-12,14-16,18,20,22-23,26,31,41H,7-8,13,17,19,21,24-25H2,1-3H3,(H,42,49)(H,43,48)(H,44,50)(H,45,47)/t26-,31-/m0/s1. The van der Waals surface area contributed by atoms with Gasteiger partial charge in [0.05, 0.1) is 20.8 Å². The fourth-order valence-corrected chi connectivity index (χ4v) is 5.93. The molecule has 0 spiro atoms. The van der Waals surface area contributed by atoms with Gasteiger partial charge in [-0.3, -0.25) is 24.0 Å². The number of fused-ring (bicyclic) bond motifs is 18. The first-order chi connectivity index (χ1) is 26.1. The molecule has 4 bridgehead atoms. The number of benzene rings is 3. The Bertz CT molecular complexity index is 1920. The molecule has 5 amide bonds. The molecule has 54 heavy (non-hydrogen) atoms. The molecule has 0 fully saturated rings. The molecule has 0 radical (unpaired) electrons. The van der Waals surface area contributed by atoms with Crippen molar-refractivity contribution in [1.82, 2.24) is 31.2 Å². The number of amides is 5. The van der Waals surface area contributed by atoms with Crippen LogP contribution in [0.1, 0.15) is 58.2 Å². The number of carbonyl (C=O) groups is 5. The van der Waals surface area contributed by atoms with Gasteiger partial charge in [-0.25, -0.2) is 0 Å². The van der Waals surface area contributed by atoms with Crippen molar-refractivity contribution >= 4 is 29.5 Å². The van der Waals surface area contributed by atoms with E-state index in [1.54, 1.807) is 61.7 Å². The number of aromatic nitrogens is 1. The van der Waals surface area contributed by atoms with E-state index in [0.29, 0.717) is 65.6 Å². The average molecular weight is 739 g/mol. The van der Waals surface area contributed by atoms with Crippen molar-refractivity contribution in [3.63, 3.8) is 0 Å². The molecule has 14 heteroatoms. The molecule has 2 aliphatic rings. The fourth-order valence-electron chi connectivity index (χ4n) is 5.93. The average Bonchev–Trinajstić information content (AvgIpc) is 3.73. The second kappa shape index (κ2) is 19.0. The van der Waals surface area contributed by atoms with E-state index in [0.717, 1.165) is 5.56 Å². The minimum Gasteiger partial charge on any atom is -0.496 e. The number of nitrogens with one attached hydrogen (secondary N) is 5. The van der Waals surface area contributed by atoms with Gasteiger partial charge >= 0.3 is 0 Å². The van der Waals surface area contributed by atoms with Gasteiger partial charge in [0, 0.05) is 43.0 Å². The first-order valence-corrected chi connectivity index (χ1v) is 17.8. The van der Waals surface area contributed by atoms with E-state index in [4.69, 9.17) is 14.2 Å². The predicted octanol–water partition coefficient (Wildman–Crippen LogP) is 3.73. The lowest BCUT2D eigenvalue weighted by molar-refractivity contribution is -0.132. The van der Waals surface area contributed by atoms with Gasteiger partial charge in [0.2, 0.25) is 17.7 Å². The van der Waals surface area contributed by atoms with E-state index < -0.39 is 29.8 Å². The van der Waals surface area contributed by atoms with Crippen molar-refractivity contribution in [3.8, 4) is 23.0 Å². The molecule has 0 aliphatic carbocycles. The van der Waals surface area contributed by atoms with Crippen LogP contribution >= 0.6 is 0 Å². The summed E-state index contributed by atoms with van der Waals surface area (Å²) in [5.41, 5.74) is 2.28. The molecule has 1 aromatic heterocycles. The summed E-state index contributed by atoms with van der Waals surface area (Å²) in [6.45, 7) is 1.84. The molecule has 0 unspecified atom stereocenters. The largest absolute Gasteiger partial charge is 0.496 e. The van der Waals surface area contributed by atoms with Crippen LogP contribution in [0, 0.1) is 0 Å². The zero-order valence-electron chi connectivity index (χ0n) is 30.6. The molecular weight excluding hydrogens is 692 g/mol. The maximum Gasteiger partial charge on any atom is 0.270 e. The summed E-state index contributed by atoms with van der Waals surface area (Å²) < 4.78 is 17.2. The molecule has 0 saturated heterocycles. The number of H-pyrrole nitrogens is 1. The molecule has 4 aromatic rings. The van der Waals surface area contributed by atoms with Crippen LogP contribution in [0.3, 0.4) is 0 Å². The second-order valence-corrected chi connectivity index (χ2v) is 12.8. The molecule has 284 valence electrons. The lowest BCUT2D eigenvalue weighted by Crippen LogP contribution is -2.54. The van der Waals surface area contributed by atoms with E-state index in [2.05, 4.69) is 26.3 Å². The van der Waals surface area contributed by atoms with Crippen molar-refractivity contribution in [3.05, 3.63) is 107 Å². The maximum absolute atomic E-state index is 13.6. The molecular formula is C40H46N6O8. The van der Waals surface area contributed by atoms with Crippen LogP contribution in [-0.2, 0) is 27.3 Å². The minimum absolute atomic E-state index is 0.0837. The van der Waals surface area contributed by atoms with E-state index in [9.17, 15) is 24.0 Å². The zero-order valence-corrected chi connectivity index (χ0v) is 30.6. The summed E-state index contributed by atoms with van der Waals surface area (Å²) in [5, 5.41) is 11.3. The van der Waals surface area contributed by atoms with Gasteiger partial charge in [-0.2, -0.15) is 0 Å². The summed E-state index contributed by atoms with van der Waals surface area (Å²) in [7, 11) is 2.99. The van der Waals surface area contributed by atoms with Crippen molar-refractivity contribution in [2.45, 2.75) is 51.2 Å². The SMILES string of the molecule is COc1cc2ccc1CNC(=O)[C@H](C)NC(=O)[C@H](CCc1ccccc1)NC(=O)CN(C(=O)c1ccc[nH]1)CCCCNC(=O)c1ccc(OC)c(c1)O2.